The predicted octanol–water partition coefficient (Wildman–Crippen LogP) is 3.49. The lowest BCUT2D eigenvalue weighted by molar-refractivity contribution is 0.00439. The van der Waals surface area contributed by atoms with Crippen molar-refractivity contribution in [3.8, 4) is 11.4 Å². The highest BCUT2D eigenvalue weighted by Gasteiger charge is 2.29. The van der Waals surface area contributed by atoms with Crippen LogP contribution in [0.4, 0.5) is 4.79 Å². The van der Waals surface area contributed by atoms with E-state index in [0.29, 0.717) is 19.8 Å². The molecule has 0 bridgehead atoms. The van der Waals surface area contributed by atoms with E-state index in [1.165, 1.54) is 0 Å². The molecule has 0 radical (unpaired) electrons. The third-order valence-electron chi connectivity index (χ3n) is 4.45. The number of nitrogens with one attached hydrogen (secondary N) is 1. The second kappa shape index (κ2) is 8.65. The van der Waals surface area contributed by atoms with Crippen molar-refractivity contribution in [1.29, 1.82) is 0 Å². The van der Waals surface area contributed by atoms with Crippen LogP contribution in [0, 0.1) is 12.8 Å². The standard InChI is InChI=1S/C21H29N3O4/c1-15-11-22-24(12-15)17-5-7-18(8-6-17)27-14-16-13-26-10-9-19(16)23-20(25)28-21(2,3)4/h5-8,11-12,16,19H,9-10,13-14H2,1-4H3,(H,23,25)/t16-,19+/m1/s1. The average molecular weight is 387 g/mol. The molecule has 1 aromatic heterocycles. The van der Waals surface area contributed by atoms with Crippen molar-refractivity contribution in [2.75, 3.05) is 19.8 Å². The molecule has 3 rings (SSSR count). The number of carbonyl (C=O) groups is 1. The minimum atomic E-state index is -0.518. The minimum absolute atomic E-state index is 0.0325. The van der Waals surface area contributed by atoms with Crippen molar-refractivity contribution < 1.29 is 19.0 Å². The number of alkyl carbamates (subject to hydrolysis) is 1. The molecule has 1 amide bonds. The smallest absolute Gasteiger partial charge is 0.407 e. The van der Waals surface area contributed by atoms with E-state index in [1.807, 2.05) is 69.0 Å². The first-order valence-corrected chi connectivity index (χ1v) is 9.62. The van der Waals surface area contributed by atoms with Crippen LogP contribution in [0.25, 0.3) is 5.69 Å². The lowest BCUT2D eigenvalue weighted by atomic mass is 9.97. The van der Waals surface area contributed by atoms with Gasteiger partial charge in [-0.1, -0.05) is 0 Å². The van der Waals surface area contributed by atoms with Crippen LogP contribution >= 0.6 is 0 Å². The molecular formula is C21H29N3O4. The molecule has 0 saturated carbocycles. The first-order valence-electron chi connectivity index (χ1n) is 9.62. The highest BCUT2D eigenvalue weighted by molar-refractivity contribution is 5.68. The zero-order valence-electron chi connectivity index (χ0n) is 17.0. The lowest BCUT2D eigenvalue weighted by Gasteiger charge is -2.32. The molecule has 2 aromatic rings. The molecule has 28 heavy (non-hydrogen) atoms. The number of aromatic nitrogens is 2. The summed E-state index contributed by atoms with van der Waals surface area (Å²) in [4.78, 5) is 12.1. The zero-order chi connectivity index (χ0) is 20.1. The Morgan fingerprint density at radius 1 is 1.32 bits per heavy atom. The van der Waals surface area contributed by atoms with E-state index in [0.717, 1.165) is 23.4 Å². The van der Waals surface area contributed by atoms with Crippen molar-refractivity contribution in [2.45, 2.75) is 45.8 Å². The molecule has 7 nitrogen and oxygen atoms in total. The summed E-state index contributed by atoms with van der Waals surface area (Å²) in [6, 6.07) is 7.75. The molecule has 152 valence electrons. The molecule has 1 saturated heterocycles. The summed E-state index contributed by atoms with van der Waals surface area (Å²) in [5.41, 5.74) is 1.57. The van der Waals surface area contributed by atoms with Gasteiger partial charge in [0.2, 0.25) is 0 Å². The van der Waals surface area contributed by atoms with Crippen molar-refractivity contribution in [2.24, 2.45) is 5.92 Å². The molecule has 2 atom stereocenters. The molecular weight excluding hydrogens is 358 g/mol. The van der Waals surface area contributed by atoms with Gasteiger partial charge >= 0.3 is 6.09 Å². The second-order valence-electron chi connectivity index (χ2n) is 8.14. The third-order valence-corrected chi connectivity index (χ3v) is 4.45. The van der Waals surface area contributed by atoms with E-state index < -0.39 is 11.7 Å². The highest BCUT2D eigenvalue weighted by Crippen LogP contribution is 2.20. The summed E-state index contributed by atoms with van der Waals surface area (Å²) in [6.45, 7) is 9.19. The topological polar surface area (TPSA) is 74.6 Å². The van der Waals surface area contributed by atoms with E-state index in [1.54, 1.807) is 0 Å². The summed E-state index contributed by atoms with van der Waals surface area (Å²) >= 11 is 0. The number of aryl methyl sites for hydroxylation is 1. The molecule has 1 aliphatic rings. The molecule has 1 aromatic carbocycles. The van der Waals surface area contributed by atoms with Crippen molar-refractivity contribution >= 4 is 6.09 Å². The lowest BCUT2D eigenvalue weighted by Crippen LogP contribution is -2.48. The SMILES string of the molecule is Cc1cnn(-c2ccc(OC[C@H]3COCC[C@@H]3NC(=O)OC(C)(C)C)cc2)c1. The van der Waals surface area contributed by atoms with E-state index in [2.05, 4.69) is 10.4 Å². The maximum atomic E-state index is 12.1. The van der Waals surface area contributed by atoms with E-state index in [4.69, 9.17) is 14.2 Å². The molecule has 0 aliphatic carbocycles. The minimum Gasteiger partial charge on any atom is -0.493 e. The van der Waals surface area contributed by atoms with Crippen LogP contribution in [0.15, 0.2) is 36.7 Å². The quantitative estimate of drug-likeness (QED) is 0.850. The Morgan fingerprint density at radius 3 is 2.71 bits per heavy atom. The first kappa shape index (κ1) is 20.2. The Balaban J connectivity index is 1.55. The molecule has 1 aliphatic heterocycles. The van der Waals surface area contributed by atoms with Crippen LogP contribution in [0.5, 0.6) is 5.75 Å². The third kappa shape index (κ3) is 5.73. The van der Waals surface area contributed by atoms with Crippen LogP contribution in [0.3, 0.4) is 0 Å². The molecule has 1 fully saturated rings. The van der Waals surface area contributed by atoms with Gasteiger partial charge in [-0.2, -0.15) is 5.10 Å². The molecule has 0 spiro atoms. The zero-order valence-corrected chi connectivity index (χ0v) is 17.0. The summed E-state index contributed by atoms with van der Waals surface area (Å²) in [6.07, 6.45) is 4.14. The van der Waals surface area contributed by atoms with Gasteiger partial charge in [-0.25, -0.2) is 9.48 Å². The maximum Gasteiger partial charge on any atom is 0.407 e. The summed E-state index contributed by atoms with van der Waals surface area (Å²) in [7, 11) is 0. The molecule has 1 N–H and O–H groups in total. The molecule has 7 heteroatoms. The first-order chi connectivity index (χ1) is 13.3. The van der Waals surface area contributed by atoms with Crippen LogP contribution in [-0.2, 0) is 9.47 Å². The van der Waals surface area contributed by atoms with Gasteiger partial charge < -0.3 is 19.5 Å². The highest BCUT2D eigenvalue weighted by atomic mass is 16.6. The largest absolute Gasteiger partial charge is 0.493 e. The van der Waals surface area contributed by atoms with Crippen LogP contribution in [0.1, 0.15) is 32.8 Å². The second-order valence-corrected chi connectivity index (χ2v) is 8.14. The van der Waals surface area contributed by atoms with Gasteiger partial charge in [-0.3, -0.25) is 0 Å². The van der Waals surface area contributed by atoms with E-state index >= 15 is 0 Å². The number of carbonyl (C=O) groups excluding carboxylic acids is 1. The van der Waals surface area contributed by atoms with Gasteiger partial charge in [0.15, 0.2) is 0 Å². The maximum absolute atomic E-state index is 12.1. The van der Waals surface area contributed by atoms with Gasteiger partial charge in [0, 0.05) is 24.8 Å². The summed E-state index contributed by atoms with van der Waals surface area (Å²) in [5.74, 6) is 0.837. The number of amides is 1. The Kier molecular flexibility index (Phi) is 6.24. The summed E-state index contributed by atoms with van der Waals surface area (Å²) < 4.78 is 18.7. The van der Waals surface area contributed by atoms with Crippen LogP contribution < -0.4 is 10.1 Å². The van der Waals surface area contributed by atoms with E-state index in [9.17, 15) is 4.79 Å². The Labute approximate surface area is 166 Å². The number of benzene rings is 1. The van der Waals surface area contributed by atoms with Crippen molar-refractivity contribution in [3.63, 3.8) is 0 Å². The molecule has 0 unspecified atom stereocenters. The fraction of sp³-hybridized carbons (Fsp3) is 0.524. The van der Waals surface area contributed by atoms with Gasteiger partial charge in [-0.15, -0.1) is 0 Å². The van der Waals surface area contributed by atoms with Crippen molar-refractivity contribution in [3.05, 3.63) is 42.2 Å². The van der Waals surface area contributed by atoms with Gasteiger partial charge in [0.05, 0.1) is 25.1 Å². The van der Waals surface area contributed by atoms with Crippen LogP contribution in [0.2, 0.25) is 0 Å². The number of ether oxygens (including phenoxy) is 3. The number of hydrogen-bond acceptors (Lipinski definition) is 5. The number of hydrogen-bond donors (Lipinski definition) is 1. The van der Waals surface area contributed by atoms with Crippen molar-refractivity contribution in [1.82, 2.24) is 15.1 Å². The Hall–Kier alpha value is -2.54. The monoisotopic (exact) mass is 387 g/mol. The fourth-order valence-electron chi connectivity index (χ4n) is 3.06. The normalized spacial score (nSPS) is 19.9. The summed E-state index contributed by atoms with van der Waals surface area (Å²) in [5, 5.41) is 7.27. The Morgan fingerprint density at radius 2 is 2.07 bits per heavy atom. The van der Waals surface area contributed by atoms with Gasteiger partial charge in [-0.05, 0) is 63.9 Å². The van der Waals surface area contributed by atoms with E-state index in [-0.39, 0.29) is 12.0 Å². The Bertz CT molecular complexity index is 780. The number of rotatable bonds is 5. The molecule has 2 heterocycles. The van der Waals surface area contributed by atoms with Crippen LogP contribution in [-0.4, -0.2) is 47.3 Å². The van der Waals surface area contributed by atoms with Gasteiger partial charge in [0.1, 0.15) is 11.4 Å². The number of nitrogens with zero attached hydrogens (tertiary/aromatic N) is 2. The van der Waals surface area contributed by atoms with Gasteiger partial charge in [0.25, 0.3) is 0 Å². The fourth-order valence-corrected chi connectivity index (χ4v) is 3.06. The predicted molar refractivity (Wildman–Crippen MR) is 106 cm³/mol. The average Bonchev–Trinajstić information content (AvgIpc) is 3.06.